The van der Waals surface area contributed by atoms with Gasteiger partial charge in [0.2, 0.25) is 0 Å². The summed E-state index contributed by atoms with van der Waals surface area (Å²) >= 11 is 0. The zero-order valence-corrected chi connectivity index (χ0v) is 10.2. The summed E-state index contributed by atoms with van der Waals surface area (Å²) in [5.41, 5.74) is -0.427. The van der Waals surface area contributed by atoms with Crippen LogP contribution in [0, 0.1) is 0 Å². The second-order valence-electron chi connectivity index (χ2n) is 5.72. The molecule has 0 amide bonds. The van der Waals surface area contributed by atoms with E-state index in [9.17, 15) is 5.21 Å². The van der Waals surface area contributed by atoms with E-state index in [0.717, 1.165) is 12.8 Å². The molecule has 1 rings (SSSR count). The van der Waals surface area contributed by atoms with E-state index >= 15 is 0 Å². The van der Waals surface area contributed by atoms with Crippen LogP contribution in [0.5, 0.6) is 0 Å². The molecule has 1 fully saturated rings. The van der Waals surface area contributed by atoms with Crippen molar-refractivity contribution in [2.24, 2.45) is 0 Å². The Kier molecular flexibility index (Phi) is 3.76. The van der Waals surface area contributed by atoms with Gasteiger partial charge in [-0.25, -0.2) is 0 Å². The molecule has 0 atom stereocenters. The number of rotatable bonds is 3. The fourth-order valence-corrected chi connectivity index (χ4v) is 2.68. The fourth-order valence-electron chi connectivity index (χ4n) is 2.68. The SMILES string of the molecule is CC1(C)CC(NCCO)CC(C)(C)N1O. The fraction of sp³-hybridized carbons (Fsp3) is 1.00. The van der Waals surface area contributed by atoms with Crippen molar-refractivity contribution in [1.82, 2.24) is 10.4 Å². The van der Waals surface area contributed by atoms with Crippen molar-refractivity contribution in [3.63, 3.8) is 0 Å². The molecule has 4 heteroatoms. The molecule has 15 heavy (non-hydrogen) atoms. The second-order valence-corrected chi connectivity index (χ2v) is 5.72. The van der Waals surface area contributed by atoms with Crippen LogP contribution in [0.2, 0.25) is 0 Å². The zero-order valence-electron chi connectivity index (χ0n) is 10.2. The molecule has 0 saturated carbocycles. The van der Waals surface area contributed by atoms with E-state index in [4.69, 9.17) is 5.11 Å². The lowest BCUT2D eigenvalue weighted by molar-refractivity contribution is -0.246. The van der Waals surface area contributed by atoms with Crippen LogP contribution in [0.3, 0.4) is 0 Å². The van der Waals surface area contributed by atoms with E-state index in [2.05, 4.69) is 5.32 Å². The minimum Gasteiger partial charge on any atom is -0.395 e. The van der Waals surface area contributed by atoms with E-state index in [1.807, 2.05) is 27.7 Å². The van der Waals surface area contributed by atoms with Gasteiger partial charge in [0.1, 0.15) is 0 Å². The van der Waals surface area contributed by atoms with Gasteiger partial charge in [-0.05, 0) is 40.5 Å². The molecular weight excluding hydrogens is 192 g/mol. The highest BCUT2D eigenvalue weighted by atomic mass is 16.5. The van der Waals surface area contributed by atoms with Crippen LogP contribution < -0.4 is 5.32 Å². The van der Waals surface area contributed by atoms with Crippen LogP contribution in [0.1, 0.15) is 40.5 Å². The standard InChI is InChI=1S/C11H24N2O2/c1-10(2)7-9(12-5-6-14)8-11(3,4)13(10)15/h9,12,14-15H,5-8H2,1-4H3. The molecule has 0 radical (unpaired) electrons. The van der Waals surface area contributed by atoms with Gasteiger partial charge in [0.15, 0.2) is 0 Å². The van der Waals surface area contributed by atoms with Crippen molar-refractivity contribution in [1.29, 1.82) is 0 Å². The van der Waals surface area contributed by atoms with E-state index in [1.54, 1.807) is 0 Å². The van der Waals surface area contributed by atoms with E-state index in [1.165, 1.54) is 5.06 Å². The first-order valence-corrected chi connectivity index (χ1v) is 5.63. The first kappa shape index (κ1) is 12.9. The molecule has 0 aromatic rings. The largest absolute Gasteiger partial charge is 0.395 e. The number of hydrogen-bond acceptors (Lipinski definition) is 4. The zero-order chi connectivity index (χ0) is 11.7. The second kappa shape index (κ2) is 4.37. The summed E-state index contributed by atoms with van der Waals surface area (Å²) in [5, 5.41) is 23.6. The predicted octanol–water partition coefficient (Wildman–Crippen LogP) is 0.979. The van der Waals surface area contributed by atoms with Crippen LogP contribution in [-0.2, 0) is 0 Å². The third-order valence-electron chi connectivity index (χ3n) is 3.18. The quantitative estimate of drug-likeness (QED) is 0.658. The summed E-state index contributed by atoms with van der Waals surface area (Å²) in [6, 6.07) is 0.366. The number of hydrogen-bond donors (Lipinski definition) is 3. The van der Waals surface area contributed by atoms with Gasteiger partial charge in [-0.15, -0.1) is 0 Å². The molecule has 0 bridgehead atoms. The molecule has 0 aromatic heterocycles. The monoisotopic (exact) mass is 216 g/mol. The third-order valence-corrected chi connectivity index (χ3v) is 3.18. The summed E-state index contributed by atoms with van der Waals surface area (Å²) in [6.07, 6.45) is 1.79. The van der Waals surface area contributed by atoms with Gasteiger partial charge in [0, 0.05) is 23.7 Å². The van der Waals surface area contributed by atoms with Crippen LogP contribution >= 0.6 is 0 Å². The van der Waals surface area contributed by atoms with Gasteiger partial charge < -0.3 is 15.6 Å². The molecule has 4 nitrogen and oxygen atoms in total. The lowest BCUT2D eigenvalue weighted by Crippen LogP contribution is -2.62. The number of aliphatic hydroxyl groups is 1. The van der Waals surface area contributed by atoms with Crippen molar-refractivity contribution in [2.75, 3.05) is 13.2 Å². The van der Waals surface area contributed by atoms with Gasteiger partial charge in [-0.3, -0.25) is 0 Å². The molecule has 90 valence electrons. The predicted molar refractivity (Wildman–Crippen MR) is 59.9 cm³/mol. The molecule has 0 spiro atoms. The first-order valence-electron chi connectivity index (χ1n) is 5.63. The Morgan fingerprint density at radius 3 is 2.07 bits per heavy atom. The topological polar surface area (TPSA) is 55.7 Å². The van der Waals surface area contributed by atoms with E-state index in [0.29, 0.717) is 12.6 Å². The number of piperidine rings is 1. The first-order chi connectivity index (χ1) is 6.79. The van der Waals surface area contributed by atoms with Crippen molar-refractivity contribution >= 4 is 0 Å². The Bertz CT molecular complexity index is 199. The van der Waals surface area contributed by atoms with E-state index < -0.39 is 0 Å². The van der Waals surface area contributed by atoms with Crippen LogP contribution in [0.4, 0.5) is 0 Å². The van der Waals surface area contributed by atoms with Crippen molar-refractivity contribution in [3.05, 3.63) is 0 Å². The minimum atomic E-state index is -0.213. The summed E-state index contributed by atoms with van der Waals surface area (Å²) in [7, 11) is 0. The molecule has 1 aliphatic heterocycles. The molecule has 1 heterocycles. The highest BCUT2D eigenvalue weighted by Gasteiger charge is 2.44. The highest BCUT2D eigenvalue weighted by Crippen LogP contribution is 2.36. The number of nitrogens with one attached hydrogen (secondary N) is 1. The molecule has 1 saturated heterocycles. The Balaban J connectivity index is 2.66. The number of nitrogens with zero attached hydrogens (tertiary/aromatic N) is 1. The van der Waals surface area contributed by atoms with Gasteiger partial charge in [-0.1, -0.05) is 0 Å². The van der Waals surface area contributed by atoms with Crippen molar-refractivity contribution < 1.29 is 10.3 Å². The maximum atomic E-state index is 10.1. The molecule has 3 N–H and O–H groups in total. The van der Waals surface area contributed by atoms with Crippen LogP contribution in [-0.4, -0.2) is 45.6 Å². The minimum absolute atomic E-state index is 0.167. The summed E-state index contributed by atoms with van der Waals surface area (Å²) in [5.74, 6) is 0. The molecule has 1 aliphatic rings. The molecule has 0 unspecified atom stereocenters. The van der Waals surface area contributed by atoms with Gasteiger partial charge in [0.25, 0.3) is 0 Å². The van der Waals surface area contributed by atoms with Crippen molar-refractivity contribution in [3.8, 4) is 0 Å². The maximum Gasteiger partial charge on any atom is 0.0556 e. The van der Waals surface area contributed by atoms with Gasteiger partial charge in [-0.2, -0.15) is 5.06 Å². The highest BCUT2D eigenvalue weighted by molar-refractivity contribution is 4.98. The number of aliphatic hydroxyl groups excluding tert-OH is 1. The van der Waals surface area contributed by atoms with Gasteiger partial charge in [0.05, 0.1) is 6.61 Å². The molecule has 0 aliphatic carbocycles. The summed E-state index contributed by atoms with van der Waals surface area (Å²) in [6.45, 7) is 8.97. The molecule has 0 aromatic carbocycles. The van der Waals surface area contributed by atoms with Crippen LogP contribution in [0.15, 0.2) is 0 Å². The molecular formula is C11H24N2O2. The van der Waals surface area contributed by atoms with Crippen molar-refractivity contribution in [2.45, 2.75) is 57.7 Å². The summed E-state index contributed by atoms with van der Waals surface area (Å²) in [4.78, 5) is 0. The third kappa shape index (κ3) is 2.91. The average Bonchev–Trinajstić information content (AvgIpc) is 2.10. The van der Waals surface area contributed by atoms with Crippen LogP contribution in [0.25, 0.3) is 0 Å². The van der Waals surface area contributed by atoms with E-state index in [-0.39, 0.29) is 17.7 Å². The Hall–Kier alpha value is -0.160. The summed E-state index contributed by atoms with van der Waals surface area (Å²) < 4.78 is 0. The Morgan fingerprint density at radius 2 is 1.67 bits per heavy atom. The van der Waals surface area contributed by atoms with Gasteiger partial charge >= 0.3 is 0 Å². The lowest BCUT2D eigenvalue weighted by Gasteiger charge is -2.51. The Morgan fingerprint density at radius 1 is 1.20 bits per heavy atom. The Labute approximate surface area is 92.2 Å². The number of hydroxylamine groups is 2. The lowest BCUT2D eigenvalue weighted by atomic mass is 9.79. The average molecular weight is 216 g/mol. The smallest absolute Gasteiger partial charge is 0.0556 e. The maximum absolute atomic E-state index is 10.1. The normalized spacial score (nSPS) is 26.8.